The van der Waals surface area contributed by atoms with E-state index in [1.54, 1.807) is 42.5 Å². The molecule has 0 radical (unpaired) electrons. The third-order valence-electron chi connectivity index (χ3n) is 4.12. The van der Waals surface area contributed by atoms with Crippen LogP contribution in [0.4, 0.5) is 5.69 Å². The number of carbonyl (C=O) groups is 2. The molecule has 2 aromatic rings. The highest BCUT2D eigenvalue weighted by molar-refractivity contribution is 6.35. The number of hydrogen-bond donors (Lipinski definition) is 1. The van der Waals surface area contributed by atoms with Crippen molar-refractivity contribution in [2.24, 2.45) is 11.8 Å². The summed E-state index contributed by atoms with van der Waals surface area (Å²) in [6.07, 6.45) is -0.231. The van der Waals surface area contributed by atoms with Crippen molar-refractivity contribution < 1.29 is 14.3 Å². The lowest BCUT2D eigenvalue weighted by atomic mass is 10.1. The summed E-state index contributed by atoms with van der Waals surface area (Å²) in [7, 11) is 0. The first kappa shape index (κ1) is 17.8. The highest BCUT2D eigenvalue weighted by Gasteiger charge is 2.42. The summed E-state index contributed by atoms with van der Waals surface area (Å²) < 4.78 is 5.51. The maximum atomic E-state index is 12.7. The van der Waals surface area contributed by atoms with Gasteiger partial charge in [0.1, 0.15) is 0 Å². The van der Waals surface area contributed by atoms with E-state index in [0.717, 1.165) is 6.42 Å². The van der Waals surface area contributed by atoms with Crippen molar-refractivity contribution >= 4 is 40.8 Å². The molecular formula is C19H17Cl2NO3. The molecule has 3 rings (SSSR count). The Labute approximate surface area is 156 Å². The Morgan fingerprint density at radius 3 is 2.28 bits per heavy atom. The average Bonchev–Trinajstić information content (AvgIpc) is 3.29. The number of hydrogen-bond acceptors (Lipinski definition) is 3. The molecule has 2 aromatic carbocycles. The van der Waals surface area contributed by atoms with Gasteiger partial charge in [-0.25, -0.2) is 0 Å². The Hall–Kier alpha value is -2.04. The molecule has 1 aliphatic rings. The zero-order valence-corrected chi connectivity index (χ0v) is 15.1. The number of ether oxygens (including phenoxy) is 1. The number of nitrogens with one attached hydrogen (secondary N) is 1. The summed E-state index contributed by atoms with van der Waals surface area (Å²) >= 11 is 11.9. The molecular weight excluding hydrogens is 361 g/mol. The van der Waals surface area contributed by atoms with Gasteiger partial charge in [0.05, 0.1) is 5.92 Å². The summed E-state index contributed by atoms with van der Waals surface area (Å²) in [4.78, 5) is 24.9. The molecule has 3 atom stereocenters. The van der Waals surface area contributed by atoms with Crippen LogP contribution in [0.3, 0.4) is 0 Å². The van der Waals surface area contributed by atoms with Crippen LogP contribution < -0.4 is 5.32 Å². The lowest BCUT2D eigenvalue weighted by Crippen LogP contribution is -2.26. The van der Waals surface area contributed by atoms with Gasteiger partial charge in [0.15, 0.2) is 0 Å². The second-order valence-electron chi connectivity index (χ2n) is 6.19. The number of esters is 1. The van der Waals surface area contributed by atoms with Crippen LogP contribution in [-0.2, 0) is 14.3 Å². The molecule has 130 valence electrons. The van der Waals surface area contributed by atoms with Crippen molar-refractivity contribution in [2.75, 3.05) is 5.32 Å². The summed E-state index contributed by atoms with van der Waals surface area (Å²) in [5, 5.41) is 3.52. The van der Waals surface area contributed by atoms with Gasteiger partial charge in [0.25, 0.3) is 5.91 Å². The Kier molecular flexibility index (Phi) is 5.30. The van der Waals surface area contributed by atoms with E-state index in [1.165, 1.54) is 0 Å². The Bertz CT molecular complexity index is 774. The van der Waals surface area contributed by atoms with Crippen LogP contribution in [0.25, 0.3) is 0 Å². The molecule has 4 nitrogen and oxygen atoms in total. The molecule has 1 saturated carbocycles. The molecule has 1 N–H and O–H groups in total. The van der Waals surface area contributed by atoms with Crippen LogP contribution in [0.2, 0.25) is 10.0 Å². The summed E-state index contributed by atoms with van der Waals surface area (Å²) in [6.45, 7) is 1.98. The van der Waals surface area contributed by atoms with Gasteiger partial charge in [-0.3, -0.25) is 9.59 Å². The van der Waals surface area contributed by atoms with Crippen molar-refractivity contribution in [2.45, 2.75) is 19.4 Å². The molecule has 0 saturated heterocycles. The van der Waals surface area contributed by atoms with Gasteiger partial charge in [-0.1, -0.05) is 60.5 Å². The van der Waals surface area contributed by atoms with Crippen molar-refractivity contribution in [3.63, 3.8) is 0 Å². The molecule has 25 heavy (non-hydrogen) atoms. The van der Waals surface area contributed by atoms with E-state index in [1.807, 2.05) is 13.0 Å². The fourth-order valence-corrected chi connectivity index (χ4v) is 3.11. The molecule has 0 aliphatic heterocycles. The standard InChI is InChI=1S/C19H17Cl2NO3/c1-11-7-16(11)19(24)25-17(12-5-3-2-4-6-12)18(23)22-15-9-13(20)8-14(21)10-15/h2-6,8-11,16-17H,7H2,1H3,(H,22,23)/t11-,16+,17-/m0/s1. The maximum Gasteiger partial charge on any atom is 0.310 e. The minimum atomic E-state index is -1.03. The van der Waals surface area contributed by atoms with E-state index >= 15 is 0 Å². The predicted molar refractivity (Wildman–Crippen MR) is 97.6 cm³/mol. The van der Waals surface area contributed by atoms with E-state index in [2.05, 4.69) is 5.32 Å². The molecule has 1 aliphatic carbocycles. The molecule has 0 unspecified atom stereocenters. The van der Waals surface area contributed by atoms with Crippen molar-refractivity contribution in [3.8, 4) is 0 Å². The van der Waals surface area contributed by atoms with Gasteiger partial charge >= 0.3 is 5.97 Å². The van der Waals surface area contributed by atoms with E-state index in [-0.39, 0.29) is 11.9 Å². The topological polar surface area (TPSA) is 55.4 Å². The minimum Gasteiger partial charge on any atom is -0.447 e. The molecule has 1 amide bonds. The van der Waals surface area contributed by atoms with Crippen LogP contribution in [0.1, 0.15) is 25.0 Å². The molecule has 0 heterocycles. The Morgan fingerprint density at radius 1 is 1.12 bits per heavy atom. The van der Waals surface area contributed by atoms with Crippen LogP contribution in [0, 0.1) is 11.8 Å². The quantitative estimate of drug-likeness (QED) is 0.755. The van der Waals surface area contributed by atoms with Gasteiger partial charge in [-0.15, -0.1) is 0 Å². The van der Waals surface area contributed by atoms with Gasteiger partial charge in [-0.2, -0.15) is 0 Å². The minimum absolute atomic E-state index is 0.125. The molecule has 0 spiro atoms. The van der Waals surface area contributed by atoms with E-state index < -0.39 is 12.0 Å². The number of amides is 1. The second kappa shape index (κ2) is 7.46. The van der Waals surface area contributed by atoms with Gasteiger partial charge in [0, 0.05) is 21.3 Å². The van der Waals surface area contributed by atoms with E-state index in [9.17, 15) is 9.59 Å². The first-order valence-electron chi connectivity index (χ1n) is 7.96. The highest BCUT2D eigenvalue weighted by Crippen LogP contribution is 2.40. The first-order valence-corrected chi connectivity index (χ1v) is 8.72. The zero-order valence-electron chi connectivity index (χ0n) is 13.5. The van der Waals surface area contributed by atoms with Crippen LogP contribution in [0.5, 0.6) is 0 Å². The normalized spacial score (nSPS) is 19.8. The van der Waals surface area contributed by atoms with Crippen molar-refractivity contribution in [1.82, 2.24) is 0 Å². The monoisotopic (exact) mass is 377 g/mol. The Morgan fingerprint density at radius 2 is 1.72 bits per heavy atom. The van der Waals surface area contributed by atoms with Crippen molar-refractivity contribution in [3.05, 3.63) is 64.1 Å². The third kappa shape index (κ3) is 4.53. The third-order valence-corrected chi connectivity index (χ3v) is 4.55. The maximum absolute atomic E-state index is 12.7. The molecule has 6 heteroatoms. The largest absolute Gasteiger partial charge is 0.447 e. The predicted octanol–water partition coefficient (Wildman–Crippen LogP) is 4.87. The highest BCUT2D eigenvalue weighted by atomic mass is 35.5. The van der Waals surface area contributed by atoms with Crippen LogP contribution in [-0.4, -0.2) is 11.9 Å². The summed E-state index contributed by atoms with van der Waals surface area (Å²) in [6, 6.07) is 13.6. The van der Waals surface area contributed by atoms with Crippen LogP contribution in [0.15, 0.2) is 48.5 Å². The number of halogens is 2. The fourth-order valence-electron chi connectivity index (χ4n) is 2.59. The Balaban J connectivity index is 1.80. The summed E-state index contributed by atoms with van der Waals surface area (Å²) in [5.41, 5.74) is 1.05. The van der Waals surface area contributed by atoms with Gasteiger partial charge in [0.2, 0.25) is 6.10 Å². The first-order chi connectivity index (χ1) is 11.9. The lowest BCUT2D eigenvalue weighted by molar-refractivity contribution is -0.156. The summed E-state index contributed by atoms with van der Waals surface area (Å²) in [5.74, 6) is -0.620. The lowest BCUT2D eigenvalue weighted by Gasteiger charge is -2.18. The fraction of sp³-hybridized carbons (Fsp3) is 0.263. The number of anilines is 1. The molecule has 0 bridgehead atoms. The number of benzene rings is 2. The zero-order chi connectivity index (χ0) is 18.0. The SMILES string of the molecule is C[C@H]1C[C@H]1C(=O)O[C@H](C(=O)Nc1cc(Cl)cc(Cl)c1)c1ccccc1. The van der Waals surface area contributed by atoms with Gasteiger partial charge in [-0.05, 0) is 30.5 Å². The van der Waals surface area contributed by atoms with E-state index in [0.29, 0.717) is 27.2 Å². The second-order valence-corrected chi connectivity index (χ2v) is 7.07. The van der Waals surface area contributed by atoms with Gasteiger partial charge < -0.3 is 10.1 Å². The van der Waals surface area contributed by atoms with Crippen molar-refractivity contribution in [1.29, 1.82) is 0 Å². The smallest absolute Gasteiger partial charge is 0.310 e. The molecule has 0 aromatic heterocycles. The number of rotatable bonds is 5. The average molecular weight is 378 g/mol. The number of carbonyl (C=O) groups excluding carboxylic acids is 2. The van der Waals surface area contributed by atoms with Crippen LogP contribution >= 0.6 is 23.2 Å². The molecule has 1 fully saturated rings. The van der Waals surface area contributed by atoms with E-state index in [4.69, 9.17) is 27.9 Å².